The van der Waals surface area contributed by atoms with E-state index in [-0.39, 0.29) is 31.2 Å². The summed E-state index contributed by atoms with van der Waals surface area (Å²) in [5.74, 6) is -3.46. The molecule has 342 valence electrons. The normalized spacial score (nSPS) is 31.4. The van der Waals surface area contributed by atoms with Crippen molar-refractivity contribution in [3.05, 3.63) is 23.9 Å². The zero-order valence-electron chi connectivity index (χ0n) is 36.9. The summed E-state index contributed by atoms with van der Waals surface area (Å²) >= 11 is 0. The van der Waals surface area contributed by atoms with Crippen molar-refractivity contribution in [1.29, 1.82) is 0 Å². The molecule has 8 atom stereocenters. The van der Waals surface area contributed by atoms with Crippen molar-refractivity contribution in [3.63, 3.8) is 0 Å². The van der Waals surface area contributed by atoms with Crippen molar-refractivity contribution in [3.8, 4) is 11.6 Å². The van der Waals surface area contributed by atoms with Crippen molar-refractivity contribution in [2.75, 3.05) is 13.7 Å². The number of hydrogen-bond acceptors (Lipinski definition) is 11. The number of fused-ring (bicyclic) bond motifs is 5. The number of nitrogens with one attached hydrogen (secondary N) is 3. The summed E-state index contributed by atoms with van der Waals surface area (Å²) in [7, 11) is -2.65. The van der Waals surface area contributed by atoms with Crippen LogP contribution in [0, 0.1) is 23.2 Å². The van der Waals surface area contributed by atoms with Crippen LogP contribution >= 0.6 is 0 Å². The molecule has 1 aromatic carbocycles. The van der Waals surface area contributed by atoms with Crippen molar-refractivity contribution in [2.24, 2.45) is 23.2 Å². The molecule has 4 fully saturated rings. The van der Waals surface area contributed by atoms with E-state index in [1.807, 2.05) is 19.9 Å². The molecule has 1 saturated heterocycles. The molecule has 3 N–H and O–H groups in total. The fourth-order valence-corrected chi connectivity index (χ4v) is 11.2. The smallest absolute Gasteiger partial charge is 0.408 e. The third-order valence-electron chi connectivity index (χ3n) is 14.2. The van der Waals surface area contributed by atoms with Crippen molar-refractivity contribution >= 4 is 44.9 Å². The maximum Gasteiger partial charge on any atom is 0.408 e. The molecule has 2 bridgehead atoms. The van der Waals surface area contributed by atoms with E-state index in [0.717, 1.165) is 38.5 Å². The summed E-state index contributed by atoms with van der Waals surface area (Å²) in [6.45, 7) is 10.4. The molecule has 4 amide bonds. The second-order valence-corrected chi connectivity index (χ2v) is 21.9. The molecule has 3 heterocycles. The van der Waals surface area contributed by atoms with Gasteiger partial charge in [-0.25, -0.2) is 32.0 Å². The number of amides is 4. The monoisotopic (exact) mass is 888 g/mol. The number of sulfonamides is 1. The molecule has 2 aromatic rings. The Kier molecular flexibility index (Phi) is 12.5. The molecule has 1 aromatic heterocycles. The highest BCUT2D eigenvalue weighted by Crippen LogP contribution is 2.50. The molecule has 2 unspecified atom stereocenters. The first-order valence-electron chi connectivity index (χ1n) is 22.1. The van der Waals surface area contributed by atoms with Gasteiger partial charge in [-0.1, -0.05) is 40.5 Å². The highest BCUT2D eigenvalue weighted by Gasteiger charge is 2.65. The van der Waals surface area contributed by atoms with Gasteiger partial charge in [0.05, 0.1) is 29.4 Å². The Hall–Kier alpha value is -4.35. The quantitative estimate of drug-likeness (QED) is 0.269. The molecule has 5 aliphatic rings. The predicted octanol–water partition coefficient (Wildman–Crippen LogP) is 5.97. The van der Waals surface area contributed by atoms with Gasteiger partial charge in [-0.3, -0.25) is 19.1 Å². The molecule has 2 aliphatic heterocycles. The number of aromatic nitrogens is 2. The van der Waals surface area contributed by atoms with Crippen LogP contribution in [0.4, 0.5) is 13.6 Å². The number of ether oxygens (including phenoxy) is 3. The molecule has 3 saturated carbocycles. The van der Waals surface area contributed by atoms with E-state index in [1.54, 1.807) is 40.0 Å². The number of aryl methyl sites for hydroxylation is 1. The van der Waals surface area contributed by atoms with E-state index in [1.165, 1.54) is 11.8 Å². The number of methoxy groups -OCH3 is 1. The summed E-state index contributed by atoms with van der Waals surface area (Å²) in [5.41, 5.74) is -1.88. The third kappa shape index (κ3) is 9.03. The number of benzene rings is 1. The minimum atomic E-state index is -4.20. The van der Waals surface area contributed by atoms with Gasteiger partial charge in [0.15, 0.2) is 0 Å². The van der Waals surface area contributed by atoms with Crippen molar-refractivity contribution in [2.45, 2.75) is 166 Å². The van der Waals surface area contributed by atoms with Crippen LogP contribution in [0.1, 0.15) is 124 Å². The molecular formula is C44H62F2N6O9S. The van der Waals surface area contributed by atoms with Gasteiger partial charge in [-0.05, 0) is 107 Å². The minimum Gasteiger partial charge on any atom is -0.497 e. The van der Waals surface area contributed by atoms with E-state index >= 15 is 4.79 Å². The van der Waals surface area contributed by atoms with Crippen LogP contribution in [0.25, 0.3) is 11.0 Å². The van der Waals surface area contributed by atoms with Gasteiger partial charge in [-0.15, -0.1) is 0 Å². The summed E-state index contributed by atoms with van der Waals surface area (Å²) in [6.07, 6.45) is 1.86. The SMILES string of the molecule is CC[C@H]1C(C(=O)NC2(C(=O)NS(=O)(=O)C3(C)CC3)C[C@H]2CC(F)F)N2C[C@@H]1Oc1nc3cc(OC)ccc3nc1CCCCC[C@@H]1CCC[C@@]1(C)OC(=O)N[C@@H](C(C)(C)C)C2=O. The maximum absolute atomic E-state index is 15.1. The number of carbonyl (C=O) groups is 4. The average molecular weight is 889 g/mol. The first-order valence-corrected chi connectivity index (χ1v) is 23.6. The molecule has 0 radical (unpaired) electrons. The van der Waals surface area contributed by atoms with Crippen LogP contribution in [0.15, 0.2) is 18.2 Å². The lowest BCUT2D eigenvalue weighted by Gasteiger charge is -2.37. The highest BCUT2D eigenvalue weighted by molar-refractivity contribution is 7.91. The van der Waals surface area contributed by atoms with E-state index in [0.29, 0.717) is 48.2 Å². The lowest BCUT2D eigenvalue weighted by molar-refractivity contribution is -0.144. The van der Waals surface area contributed by atoms with Crippen LogP contribution in [0.2, 0.25) is 0 Å². The fourth-order valence-electron chi connectivity index (χ4n) is 9.85. The Morgan fingerprint density at radius 2 is 1.77 bits per heavy atom. The molecule has 3 aliphatic carbocycles. The van der Waals surface area contributed by atoms with Gasteiger partial charge in [0.2, 0.25) is 34.1 Å². The Labute approximate surface area is 362 Å². The van der Waals surface area contributed by atoms with Gasteiger partial charge in [-0.2, -0.15) is 0 Å². The Bertz CT molecular complexity index is 2180. The topological polar surface area (TPSA) is 195 Å². The third-order valence-corrected chi connectivity index (χ3v) is 16.4. The van der Waals surface area contributed by atoms with E-state index in [9.17, 15) is 31.6 Å². The number of rotatable bonds is 9. The zero-order valence-corrected chi connectivity index (χ0v) is 37.7. The van der Waals surface area contributed by atoms with Gasteiger partial charge in [0.1, 0.15) is 40.8 Å². The largest absolute Gasteiger partial charge is 0.497 e. The number of alkyl carbamates (subject to hydrolysis) is 1. The van der Waals surface area contributed by atoms with Crippen LogP contribution in [0.3, 0.4) is 0 Å². The van der Waals surface area contributed by atoms with Gasteiger partial charge >= 0.3 is 6.09 Å². The Morgan fingerprint density at radius 3 is 2.44 bits per heavy atom. The molecule has 7 rings (SSSR count). The zero-order chi connectivity index (χ0) is 45.0. The lowest BCUT2D eigenvalue weighted by Crippen LogP contribution is -2.61. The van der Waals surface area contributed by atoms with Crippen LogP contribution < -0.4 is 24.8 Å². The van der Waals surface area contributed by atoms with Crippen LogP contribution in [-0.2, 0) is 35.6 Å². The number of halogens is 2. The molecule has 0 spiro atoms. The lowest BCUT2D eigenvalue weighted by atomic mass is 9.85. The predicted molar refractivity (Wildman–Crippen MR) is 225 cm³/mol. The summed E-state index contributed by atoms with van der Waals surface area (Å²) in [4.78, 5) is 69.0. The van der Waals surface area contributed by atoms with Crippen molar-refractivity contribution in [1.82, 2.24) is 30.2 Å². The first-order chi connectivity index (χ1) is 29.1. The Morgan fingerprint density at radius 1 is 1.05 bits per heavy atom. The fraction of sp³-hybridized carbons (Fsp3) is 0.727. The summed E-state index contributed by atoms with van der Waals surface area (Å²) in [6, 6.07) is 2.81. The van der Waals surface area contributed by atoms with Gasteiger partial charge < -0.3 is 29.7 Å². The molecular weight excluding hydrogens is 827 g/mol. The average Bonchev–Trinajstić information content (AvgIpc) is 4.03. The summed E-state index contributed by atoms with van der Waals surface area (Å²) < 4.78 is 73.5. The number of hydrogen-bond donors (Lipinski definition) is 3. The highest BCUT2D eigenvalue weighted by atomic mass is 32.2. The molecule has 15 nitrogen and oxygen atoms in total. The maximum atomic E-state index is 15.1. The minimum absolute atomic E-state index is 0.117. The van der Waals surface area contributed by atoms with E-state index < -0.39 is 98.0 Å². The van der Waals surface area contributed by atoms with Crippen LogP contribution in [0.5, 0.6) is 11.6 Å². The standard InChI is InChI=1S/C44H62F2N6O9S/c1-8-28-32-24-52(34(28)36(53)50-44(23-26(44)21-33(45)46)39(55)51-62(57,58)42(5)19-20-42)38(54)35(41(2,3)4)49-40(56)61-43(6)18-12-14-25(43)13-10-9-11-15-30-37(60-32)48-31-22-27(59-7)16-17-29(31)47-30/h16-17,22,25-26,28,32-35H,8-15,18-21,23-24H2,1-7H3,(H,49,56)(H,50,53)(H,51,55)/t25-,26-,28-,32+,34?,35-,43-,44?/m1/s1. The Balaban J connectivity index is 1.29. The van der Waals surface area contributed by atoms with Crippen molar-refractivity contribution < 1.29 is 50.6 Å². The second kappa shape index (κ2) is 17.0. The van der Waals surface area contributed by atoms with E-state index in [2.05, 4.69) is 15.4 Å². The molecule has 18 heteroatoms. The number of carbonyl (C=O) groups excluding carboxylic acids is 4. The molecule has 62 heavy (non-hydrogen) atoms. The number of nitrogens with zero attached hydrogens (tertiary/aromatic N) is 3. The second-order valence-electron chi connectivity index (χ2n) is 19.7. The van der Waals surface area contributed by atoms with Gasteiger partial charge in [0, 0.05) is 18.4 Å². The van der Waals surface area contributed by atoms with Crippen LogP contribution in [-0.4, -0.2) is 101 Å². The summed E-state index contributed by atoms with van der Waals surface area (Å²) in [5, 5.41) is 5.55. The number of alkyl halides is 2. The van der Waals surface area contributed by atoms with E-state index in [4.69, 9.17) is 24.2 Å². The first kappa shape index (κ1) is 45.7. The van der Waals surface area contributed by atoms with Gasteiger partial charge in [0.25, 0.3) is 5.91 Å².